The lowest BCUT2D eigenvalue weighted by molar-refractivity contribution is -0.143. The number of esters is 1. The van der Waals surface area contributed by atoms with Crippen LogP contribution in [0.15, 0.2) is 55.1 Å². The Morgan fingerprint density at radius 3 is 2.67 bits per heavy atom. The summed E-state index contributed by atoms with van der Waals surface area (Å²) in [5, 5.41) is 8.86. The molecule has 9 nitrogen and oxygen atoms in total. The van der Waals surface area contributed by atoms with E-state index in [0.29, 0.717) is 45.9 Å². The summed E-state index contributed by atoms with van der Waals surface area (Å²) < 4.78 is 13.1. The van der Waals surface area contributed by atoms with Gasteiger partial charge in [-0.3, -0.25) is 4.79 Å². The molecule has 1 aromatic heterocycles. The molecule has 0 radical (unpaired) electrons. The molecule has 0 bridgehead atoms. The predicted octanol–water partition coefficient (Wildman–Crippen LogP) is 5.55. The van der Waals surface area contributed by atoms with Gasteiger partial charge in [-0.15, -0.1) is 11.7 Å². The van der Waals surface area contributed by atoms with Crippen molar-refractivity contribution in [2.24, 2.45) is 0 Å². The fraction of sp³-hybridized carbons (Fsp3) is 0.471. The number of carbonyl (C=O) groups is 2. The van der Waals surface area contributed by atoms with E-state index < -0.39 is 0 Å². The van der Waals surface area contributed by atoms with Gasteiger partial charge in [0.05, 0.1) is 37.8 Å². The number of nitrogens with zero attached hydrogens (tertiary/aromatic N) is 5. The molecule has 43 heavy (non-hydrogen) atoms. The van der Waals surface area contributed by atoms with Crippen molar-refractivity contribution in [2.45, 2.75) is 71.6 Å². The summed E-state index contributed by atoms with van der Waals surface area (Å²) in [4.78, 5) is 30.3. The lowest BCUT2D eigenvalue weighted by Crippen LogP contribution is -2.49. The second-order valence-corrected chi connectivity index (χ2v) is 11.3. The molecule has 1 saturated heterocycles. The number of hydrogen-bond donors (Lipinski definition) is 0. The molecule has 3 heterocycles. The van der Waals surface area contributed by atoms with Gasteiger partial charge in [-0.2, -0.15) is 0 Å². The first-order chi connectivity index (χ1) is 20.9. The van der Waals surface area contributed by atoms with E-state index in [9.17, 15) is 9.59 Å². The summed E-state index contributed by atoms with van der Waals surface area (Å²) in [5.41, 5.74) is 7.25. The van der Waals surface area contributed by atoms with E-state index in [0.717, 1.165) is 52.5 Å². The number of piperidine rings is 1. The monoisotopic (exact) mass is 585 g/mol. The number of likely N-dealkylation sites (tertiary alicyclic amines) is 1. The van der Waals surface area contributed by atoms with Crippen LogP contribution in [0.4, 0.5) is 4.79 Å². The molecule has 0 spiro atoms. The molecule has 228 valence electrons. The van der Waals surface area contributed by atoms with Crippen LogP contribution < -0.4 is 0 Å². The molecule has 0 saturated carbocycles. The second kappa shape index (κ2) is 14.0. The normalized spacial score (nSPS) is 16.4. The van der Waals surface area contributed by atoms with Crippen molar-refractivity contribution < 1.29 is 19.1 Å². The van der Waals surface area contributed by atoms with Crippen molar-refractivity contribution in [3.63, 3.8) is 0 Å². The standard InChI is InChI=1S/C34H43N5O4/c1-5-8-16-39-31-12-11-29(24(4)33(31)35-36-39)30(22-32(40)42-7-3)26-10-9-25-13-17-38(23-27(25)21-26)34(41)37-18-14-28(15-19-37)43-20-6-2/h5-6,8-12,21,28,30H,2,7,13-20,22-23H2,1,3-4H3/b8-5+. The number of aryl methyl sites for hydroxylation is 1. The Kier molecular flexibility index (Phi) is 9.92. The van der Waals surface area contributed by atoms with Gasteiger partial charge in [0.25, 0.3) is 0 Å². The van der Waals surface area contributed by atoms with Crippen molar-refractivity contribution in [3.05, 3.63) is 83.0 Å². The molecule has 3 aromatic rings. The van der Waals surface area contributed by atoms with Crippen LogP contribution in [0.25, 0.3) is 11.0 Å². The van der Waals surface area contributed by atoms with E-state index in [4.69, 9.17) is 9.47 Å². The molecule has 2 amide bonds. The number of fused-ring (bicyclic) bond motifs is 2. The molecule has 9 heteroatoms. The topological polar surface area (TPSA) is 89.8 Å². The highest BCUT2D eigenvalue weighted by Gasteiger charge is 2.30. The quantitative estimate of drug-likeness (QED) is 0.229. The number of carbonyl (C=O) groups excluding carboxylic acids is 2. The molecule has 0 aliphatic carbocycles. The molecular formula is C34H43N5O4. The van der Waals surface area contributed by atoms with Crippen molar-refractivity contribution in [2.75, 3.05) is 32.8 Å². The largest absolute Gasteiger partial charge is 0.466 e. The lowest BCUT2D eigenvalue weighted by Gasteiger charge is -2.37. The molecule has 1 atom stereocenters. The number of aromatic nitrogens is 3. The zero-order valence-corrected chi connectivity index (χ0v) is 25.6. The highest BCUT2D eigenvalue weighted by Crippen LogP contribution is 2.35. The minimum atomic E-state index is -0.237. The van der Waals surface area contributed by atoms with Gasteiger partial charge in [-0.1, -0.05) is 47.7 Å². The second-order valence-electron chi connectivity index (χ2n) is 11.3. The van der Waals surface area contributed by atoms with Crippen LogP contribution in [-0.4, -0.2) is 75.7 Å². The molecule has 2 aromatic carbocycles. The molecule has 0 N–H and O–H groups in total. The zero-order chi connectivity index (χ0) is 30.3. The molecule has 5 rings (SSSR count). The Hall–Kier alpha value is -3.98. The number of hydrogen-bond acceptors (Lipinski definition) is 6. The van der Waals surface area contributed by atoms with Crippen LogP contribution in [0.1, 0.15) is 66.8 Å². The maximum atomic E-state index is 13.5. The Balaban J connectivity index is 1.39. The molecular weight excluding hydrogens is 542 g/mol. The number of urea groups is 1. The summed E-state index contributed by atoms with van der Waals surface area (Å²) >= 11 is 0. The van der Waals surface area contributed by atoms with Crippen LogP contribution >= 0.6 is 0 Å². The van der Waals surface area contributed by atoms with E-state index in [1.807, 2.05) is 46.5 Å². The summed E-state index contributed by atoms with van der Waals surface area (Å²) in [7, 11) is 0. The highest BCUT2D eigenvalue weighted by atomic mass is 16.5. The maximum Gasteiger partial charge on any atom is 0.320 e. The van der Waals surface area contributed by atoms with Crippen molar-refractivity contribution in [1.82, 2.24) is 24.8 Å². The van der Waals surface area contributed by atoms with Crippen LogP contribution in [0, 0.1) is 6.92 Å². The van der Waals surface area contributed by atoms with E-state index in [2.05, 4.69) is 48.1 Å². The number of allylic oxidation sites excluding steroid dienone is 2. The van der Waals surface area contributed by atoms with Crippen LogP contribution in [0.2, 0.25) is 0 Å². The number of amides is 2. The molecule has 1 unspecified atom stereocenters. The Bertz CT molecular complexity index is 1490. The summed E-state index contributed by atoms with van der Waals surface area (Å²) in [6.07, 6.45) is 8.71. The smallest absolute Gasteiger partial charge is 0.320 e. The third-order valence-electron chi connectivity index (χ3n) is 8.63. The predicted molar refractivity (Wildman–Crippen MR) is 167 cm³/mol. The fourth-order valence-corrected chi connectivity index (χ4v) is 6.27. The minimum Gasteiger partial charge on any atom is -0.466 e. The molecule has 1 fully saturated rings. The first kappa shape index (κ1) is 30.5. The van der Waals surface area contributed by atoms with Gasteiger partial charge in [-0.25, -0.2) is 9.48 Å². The van der Waals surface area contributed by atoms with Crippen molar-refractivity contribution in [3.8, 4) is 0 Å². The number of ether oxygens (including phenoxy) is 2. The van der Waals surface area contributed by atoms with E-state index in [-0.39, 0.29) is 30.4 Å². The van der Waals surface area contributed by atoms with Gasteiger partial charge in [-0.05, 0) is 73.9 Å². The van der Waals surface area contributed by atoms with Crippen LogP contribution in [0.3, 0.4) is 0 Å². The van der Waals surface area contributed by atoms with Gasteiger partial charge < -0.3 is 19.3 Å². The average Bonchev–Trinajstić information content (AvgIpc) is 3.45. The lowest BCUT2D eigenvalue weighted by atomic mass is 9.83. The van der Waals surface area contributed by atoms with Gasteiger partial charge in [0, 0.05) is 32.1 Å². The Morgan fingerprint density at radius 2 is 1.93 bits per heavy atom. The maximum absolute atomic E-state index is 13.5. The van der Waals surface area contributed by atoms with Crippen molar-refractivity contribution in [1.29, 1.82) is 0 Å². The van der Waals surface area contributed by atoms with Crippen molar-refractivity contribution >= 4 is 23.0 Å². The Labute approximate surface area is 254 Å². The van der Waals surface area contributed by atoms with Crippen LogP contribution in [0.5, 0.6) is 0 Å². The van der Waals surface area contributed by atoms with Crippen LogP contribution in [-0.2, 0) is 33.8 Å². The van der Waals surface area contributed by atoms with Gasteiger partial charge in [0.1, 0.15) is 5.52 Å². The number of rotatable bonds is 10. The van der Waals surface area contributed by atoms with E-state index in [1.165, 1.54) is 5.56 Å². The summed E-state index contributed by atoms with van der Waals surface area (Å²) in [5.74, 6) is -0.450. The summed E-state index contributed by atoms with van der Waals surface area (Å²) in [6, 6.07) is 10.7. The summed E-state index contributed by atoms with van der Waals surface area (Å²) in [6.45, 7) is 13.8. The Morgan fingerprint density at radius 1 is 1.12 bits per heavy atom. The first-order valence-electron chi connectivity index (χ1n) is 15.4. The molecule has 2 aliphatic rings. The van der Waals surface area contributed by atoms with E-state index >= 15 is 0 Å². The zero-order valence-electron chi connectivity index (χ0n) is 25.6. The minimum absolute atomic E-state index is 0.0867. The average molecular weight is 586 g/mol. The third kappa shape index (κ3) is 6.82. The fourth-order valence-electron chi connectivity index (χ4n) is 6.27. The number of benzene rings is 2. The highest BCUT2D eigenvalue weighted by molar-refractivity contribution is 5.81. The SMILES string of the molecule is C=CCOC1CCN(C(=O)N2CCc3ccc(C(CC(=O)OCC)c4ccc5c(nnn5C/C=C/C)c4C)cc3C2)CC1. The van der Waals surface area contributed by atoms with Gasteiger partial charge in [0.2, 0.25) is 0 Å². The first-order valence-corrected chi connectivity index (χ1v) is 15.4. The van der Waals surface area contributed by atoms with Gasteiger partial charge in [0.15, 0.2) is 0 Å². The van der Waals surface area contributed by atoms with E-state index in [1.54, 1.807) is 6.08 Å². The third-order valence-corrected chi connectivity index (χ3v) is 8.63. The molecule has 2 aliphatic heterocycles. The van der Waals surface area contributed by atoms with Gasteiger partial charge >= 0.3 is 12.0 Å².